The first-order valence-electron chi connectivity index (χ1n) is 8.99. The van der Waals surface area contributed by atoms with E-state index in [1.807, 2.05) is 5.38 Å². The van der Waals surface area contributed by atoms with E-state index < -0.39 is 0 Å². The van der Waals surface area contributed by atoms with Crippen LogP contribution in [0, 0.1) is 0 Å². The number of aryl methyl sites for hydroxylation is 1. The lowest BCUT2D eigenvalue weighted by atomic mass is 9.79. The number of aromatic nitrogens is 4. The van der Waals surface area contributed by atoms with Gasteiger partial charge in [-0.25, -0.2) is 4.98 Å². The summed E-state index contributed by atoms with van der Waals surface area (Å²) in [6.45, 7) is 2.04. The minimum absolute atomic E-state index is 0.0691. The van der Waals surface area contributed by atoms with Gasteiger partial charge in [-0.3, -0.25) is 4.79 Å². The topological polar surface area (TPSA) is 92.9 Å². The van der Waals surface area contributed by atoms with Gasteiger partial charge >= 0.3 is 0 Å². The van der Waals surface area contributed by atoms with E-state index in [4.69, 9.17) is 0 Å². The number of amides is 1. The molecule has 7 nitrogen and oxygen atoms in total. The first-order valence-corrected chi connectivity index (χ1v) is 9.87. The quantitative estimate of drug-likeness (QED) is 0.788. The Hall–Kier alpha value is -1.80. The summed E-state index contributed by atoms with van der Waals surface area (Å²) in [5, 5.41) is 23.8. The standard InChI is InChI=1S/C17H23N5O2S/c1-2-3-15-19-13(9-25-15)17(24)18-11-6-10(7-11)16-21-20-14(8-23)22(16)12-4-5-12/h9-12,23H,2-8H2,1H3,(H,18,24). The second-order valence-corrected chi connectivity index (χ2v) is 7.89. The number of carbonyl (C=O) groups is 1. The van der Waals surface area contributed by atoms with E-state index in [9.17, 15) is 9.90 Å². The summed E-state index contributed by atoms with van der Waals surface area (Å²) in [6.07, 6.45) is 5.97. The fourth-order valence-corrected chi connectivity index (χ4v) is 4.28. The maximum absolute atomic E-state index is 12.3. The number of nitrogens with zero attached hydrogens (tertiary/aromatic N) is 4. The Morgan fingerprint density at radius 1 is 1.40 bits per heavy atom. The molecule has 0 saturated heterocycles. The van der Waals surface area contributed by atoms with Crippen LogP contribution in [-0.4, -0.2) is 36.8 Å². The molecule has 0 unspecified atom stereocenters. The van der Waals surface area contributed by atoms with E-state index in [1.165, 1.54) is 0 Å². The molecule has 2 aromatic heterocycles. The van der Waals surface area contributed by atoms with Crippen LogP contribution in [0.4, 0.5) is 0 Å². The summed E-state index contributed by atoms with van der Waals surface area (Å²) in [7, 11) is 0. The largest absolute Gasteiger partial charge is 0.388 e. The average molecular weight is 361 g/mol. The molecule has 2 aliphatic rings. The maximum Gasteiger partial charge on any atom is 0.270 e. The predicted molar refractivity (Wildman–Crippen MR) is 93.6 cm³/mol. The number of hydrogen-bond acceptors (Lipinski definition) is 6. The molecule has 25 heavy (non-hydrogen) atoms. The lowest BCUT2D eigenvalue weighted by molar-refractivity contribution is 0.0902. The zero-order valence-corrected chi connectivity index (χ0v) is 15.1. The van der Waals surface area contributed by atoms with Crippen molar-refractivity contribution in [2.45, 2.75) is 70.1 Å². The molecule has 2 aliphatic carbocycles. The summed E-state index contributed by atoms with van der Waals surface area (Å²) in [5.41, 5.74) is 0.528. The van der Waals surface area contributed by atoms with Crippen molar-refractivity contribution in [3.8, 4) is 0 Å². The van der Waals surface area contributed by atoms with Gasteiger partial charge < -0.3 is 15.0 Å². The molecule has 0 spiro atoms. The second-order valence-electron chi connectivity index (χ2n) is 6.95. The molecule has 2 fully saturated rings. The van der Waals surface area contributed by atoms with Crippen molar-refractivity contribution in [2.75, 3.05) is 0 Å². The van der Waals surface area contributed by atoms with Crippen molar-refractivity contribution in [1.82, 2.24) is 25.1 Å². The van der Waals surface area contributed by atoms with Gasteiger partial charge in [0.2, 0.25) is 0 Å². The summed E-state index contributed by atoms with van der Waals surface area (Å²) >= 11 is 1.55. The molecule has 2 saturated carbocycles. The summed E-state index contributed by atoms with van der Waals surface area (Å²) in [5.74, 6) is 1.86. The first-order chi connectivity index (χ1) is 12.2. The monoisotopic (exact) mass is 361 g/mol. The minimum Gasteiger partial charge on any atom is -0.388 e. The number of carbonyl (C=O) groups excluding carboxylic acids is 1. The molecule has 0 radical (unpaired) electrons. The van der Waals surface area contributed by atoms with Crippen LogP contribution in [0.2, 0.25) is 0 Å². The summed E-state index contributed by atoms with van der Waals surface area (Å²) in [4.78, 5) is 16.7. The third-order valence-electron chi connectivity index (χ3n) is 4.93. The van der Waals surface area contributed by atoms with Crippen molar-refractivity contribution < 1.29 is 9.90 Å². The highest BCUT2D eigenvalue weighted by Gasteiger charge is 2.38. The number of rotatable bonds is 7. The Kier molecular flexibility index (Phi) is 4.56. The van der Waals surface area contributed by atoms with Gasteiger partial charge in [0.25, 0.3) is 5.91 Å². The molecule has 2 N–H and O–H groups in total. The molecule has 0 atom stereocenters. The van der Waals surface area contributed by atoms with Crippen LogP contribution in [0.1, 0.15) is 78.1 Å². The number of hydrogen-bond donors (Lipinski definition) is 2. The van der Waals surface area contributed by atoms with Crippen LogP contribution in [0.25, 0.3) is 0 Å². The van der Waals surface area contributed by atoms with Crippen LogP contribution >= 0.6 is 11.3 Å². The van der Waals surface area contributed by atoms with Crippen molar-refractivity contribution in [1.29, 1.82) is 0 Å². The molecule has 2 aromatic rings. The molecule has 4 rings (SSSR count). The normalized spacial score (nSPS) is 22.6. The van der Waals surface area contributed by atoms with Crippen molar-refractivity contribution in [3.05, 3.63) is 27.7 Å². The van der Waals surface area contributed by atoms with E-state index >= 15 is 0 Å². The number of nitrogens with one attached hydrogen (secondary N) is 1. The van der Waals surface area contributed by atoms with Crippen LogP contribution in [0.15, 0.2) is 5.38 Å². The van der Waals surface area contributed by atoms with Gasteiger partial charge in [0.15, 0.2) is 5.82 Å². The second kappa shape index (κ2) is 6.84. The molecule has 8 heteroatoms. The molecule has 2 heterocycles. The van der Waals surface area contributed by atoms with Crippen molar-refractivity contribution >= 4 is 17.2 Å². The average Bonchev–Trinajstić information content (AvgIpc) is 3.15. The first kappa shape index (κ1) is 16.7. The highest BCUT2D eigenvalue weighted by atomic mass is 32.1. The third kappa shape index (κ3) is 3.32. The minimum atomic E-state index is -0.0817. The lowest BCUT2D eigenvalue weighted by Gasteiger charge is -2.35. The number of aliphatic hydroxyl groups is 1. The molecule has 0 aliphatic heterocycles. The van der Waals surface area contributed by atoms with Crippen LogP contribution in [0.5, 0.6) is 0 Å². The molecule has 134 valence electrons. The van der Waals surface area contributed by atoms with E-state index in [2.05, 4.69) is 32.0 Å². The van der Waals surface area contributed by atoms with Crippen molar-refractivity contribution in [3.63, 3.8) is 0 Å². The van der Waals surface area contributed by atoms with Gasteiger partial charge in [0, 0.05) is 23.4 Å². The molecule has 1 amide bonds. The fraction of sp³-hybridized carbons (Fsp3) is 0.647. The zero-order chi connectivity index (χ0) is 17.4. The molecular weight excluding hydrogens is 338 g/mol. The van der Waals surface area contributed by atoms with Gasteiger partial charge in [-0.15, -0.1) is 21.5 Å². The van der Waals surface area contributed by atoms with E-state index in [0.29, 0.717) is 23.5 Å². The Balaban J connectivity index is 1.34. The Bertz CT molecular complexity index is 761. The van der Waals surface area contributed by atoms with Gasteiger partial charge in [0.05, 0.1) is 5.01 Å². The summed E-state index contributed by atoms with van der Waals surface area (Å²) < 4.78 is 2.11. The Morgan fingerprint density at radius 2 is 2.20 bits per heavy atom. The Morgan fingerprint density at radius 3 is 2.88 bits per heavy atom. The van der Waals surface area contributed by atoms with Crippen LogP contribution in [0.3, 0.4) is 0 Å². The van der Waals surface area contributed by atoms with Gasteiger partial charge in [-0.05, 0) is 38.5 Å². The SMILES string of the molecule is CCCc1nc(C(=O)NC2CC(c3nnc(CO)n3C3CC3)C2)cs1. The van der Waals surface area contributed by atoms with Crippen molar-refractivity contribution in [2.24, 2.45) is 0 Å². The van der Waals surface area contributed by atoms with E-state index in [0.717, 1.165) is 49.4 Å². The third-order valence-corrected chi connectivity index (χ3v) is 5.84. The zero-order valence-electron chi connectivity index (χ0n) is 14.3. The lowest BCUT2D eigenvalue weighted by Crippen LogP contribution is -2.44. The highest BCUT2D eigenvalue weighted by molar-refractivity contribution is 7.09. The van der Waals surface area contributed by atoms with E-state index in [1.54, 1.807) is 11.3 Å². The predicted octanol–water partition coefficient (Wildman–Crippen LogP) is 2.19. The maximum atomic E-state index is 12.3. The van der Waals surface area contributed by atoms with E-state index in [-0.39, 0.29) is 18.6 Å². The van der Waals surface area contributed by atoms with Gasteiger partial charge in [-0.2, -0.15) is 0 Å². The highest BCUT2D eigenvalue weighted by Crippen LogP contribution is 2.42. The van der Waals surface area contributed by atoms with Gasteiger partial charge in [0.1, 0.15) is 18.1 Å². The number of thiazole rings is 1. The van der Waals surface area contributed by atoms with Crippen LogP contribution < -0.4 is 5.32 Å². The van der Waals surface area contributed by atoms with Gasteiger partial charge in [-0.1, -0.05) is 6.92 Å². The molecular formula is C17H23N5O2S. The van der Waals surface area contributed by atoms with Crippen LogP contribution in [-0.2, 0) is 13.0 Å². The molecule has 0 aromatic carbocycles. The smallest absolute Gasteiger partial charge is 0.270 e. The fourth-order valence-electron chi connectivity index (χ4n) is 3.40. The number of aliphatic hydroxyl groups excluding tert-OH is 1. The molecule has 0 bridgehead atoms. The Labute approximate surface area is 150 Å². The summed E-state index contributed by atoms with van der Waals surface area (Å²) in [6, 6.07) is 0.614.